The molecule has 0 spiro atoms. The highest BCUT2D eigenvalue weighted by Gasteiger charge is 2.16. The van der Waals surface area contributed by atoms with Gasteiger partial charge < -0.3 is 11.1 Å². The summed E-state index contributed by atoms with van der Waals surface area (Å²) in [6.07, 6.45) is 1.83. The number of hydrogen-bond acceptors (Lipinski definition) is 4. The van der Waals surface area contributed by atoms with Crippen molar-refractivity contribution >= 4 is 17.2 Å². The Balaban J connectivity index is 1.89. The van der Waals surface area contributed by atoms with Gasteiger partial charge in [0, 0.05) is 18.1 Å². The van der Waals surface area contributed by atoms with E-state index < -0.39 is 6.04 Å². The molecule has 2 rings (SSSR count). The molecule has 0 aromatic carbocycles. The maximum atomic E-state index is 11.8. The Labute approximate surface area is 103 Å². The second-order valence-corrected chi connectivity index (χ2v) is 4.67. The lowest BCUT2D eigenvalue weighted by molar-refractivity contribution is -0.122. The summed E-state index contributed by atoms with van der Waals surface area (Å²) in [5, 5.41) is 8.84. The summed E-state index contributed by atoms with van der Waals surface area (Å²) >= 11 is 1.48. The molecule has 1 amide bonds. The van der Waals surface area contributed by atoms with Gasteiger partial charge in [0.05, 0.1) is 12.2 Å². The standard InChI is InChI=1S/C11H14N4OS/c1-15-5-4-8(14-15)7-13-11(16)10(12)9-3-2-6-17-9/h2-6,10H,7,12H2,1H3,(H,13,16). The Morgan fingerprint density at radius 3 is 3.06 bits per heavy atom. The predicted octanol–water partition coefficient (Wildman–Crippen LogP) is 0.798. The quantitative estimate of drug-likeness (QED) is 0.843. The van der Waals surface area contributed by atoms with Crippen molar-refractivity contribution in [1.82, 2.24) is 15.1 Å². The molecule has 5 nitrogen and oxygen atoms in total. The average Bonchev–Trinajstić information content (AvgIpc) is 2.95. The number of hydrogen-bond donors (Lipinski definition) is 2. The van der Waals surface area contributed by atoms with Crippen LogP contribution in [0, 0.1) is 0 Å². The highest BCUT2D eigenvalue weighted by molar-refractivity contribution is 7.10. The van der Waals surface area contributed by atoms with Crippen LogP contribution in [0.5, 0.6) is 0 Å². The minimum absolute atomic E-state index is 0.182. The summed E-state index contributed by atoms with van der Waals surface area (Å²) in [6, 6.07) is 5.00. The molecule has 0 fully saturated rings. The summed E-state index contributed by atoms with van der Waals surface area (Å²) in [5.74, 6) is -0.182. The van der Waals surface area contributed by atoms with Crippen LogP contribution in [-0.2, 0) is 18.4 Å². The summed E-state index contributed by atoms with van der Waals surface area (Å²) in [7, 11) is 1.84. The fraction of sp³-hybridized carbons (Fsp3) is 0.273. The molecule has 0 saturated carbocycles. The Bertz CT molecular complexity index is 491. The zero-order valence-electron chi connectivity index (χ0n) is 9.46. The largest absolute Gasteiger partial charge is 0.349 e. The first kappa shape index (κ1) is 11.8. The minimum Gasteiger partial charge on any atom is -0.349 e. The van der Waals surface area contributed by atoms with Crippen molar-refractivity contribution in [1.29, 1.82) is 0 Å². The zero-order chi connectivity index (χ0) is 12.3. The molecule has 17 heavy (non-hydrogen) atoms. The Kier molecular flexibility index (Phi) is 3.55. The molecule has 2 aromatic heterocycles. The number of thiophene rings is 1. The molecule has 1 atom stereocenters. The van der Waals surface area contributed by atoms with Gasteiger partial charge in [-0.15, -0.1) is 11.3 Å². The van der Waals surface area contributed by atoms with Gasteiger partial charge in [0.25, 0.3) is 0 Å². The number of carbonyl (C=O) groups excluding carboxylic acids is 1. The fourth-order valence-corrected chi connectivity index (χ4v) is 2.17. The van der Waals surface area contributed by atoms with E-state index in [1.165, 1.54) is 11.3 Å². The lowest BCUT2D eigenvalue weighted by Crippen LogP contribution is -2.33. The molecule has 2 aromatic rings. The van der Waals surface area contributed by atoms with Gasteiger partial charge in [-0.1, -0.05) is 6.07 Å². The normalized spacial score (nSPS) is 12.4. The van der Waals surface area contributed by atoms with Crippen LogP contribution >= 0.6 is 11.3 Å². The van der Waals surface area contributed by atoms with Crippen LogP contribution in [0.1, 0.15) is 16.6 Å². The van der Waals surface area contributed by atoms with Gasteiger partial charge in [-0.25, -0.2) is 0 Å². The van der Waals surface area contributed by atoms with Crippen molar-refractivity contribution < 1.29 is 4.79 Å². The van der Waals surface area contributed by atoms with E-state index in [9.17, 15) is 4.79 Å². The monoisotopic (exact) mass is 250 g/mol. The molecular weight excluding hydrogens is 236 g/mol. The van der Waals surface area contributed by atoms with E-state index in [0.717, 1.165) is 10.6 Å². The third-order valence-corrected chi connectivity index (χ3v) is 3.30. The summed E-state index contributed by atoms with van der Waals surface area (Å²) in [6.45, 7) is 0.402. The number of rotatable bonds is 4. The molecule has 0 aliphatic rings. The highest BCUT2D eigenvalue weighted by atomic mass is 32.1. The number of nitrogens with zero attached hydrogens (tertiary/aromatic N) is 2. The van der Waals surface area contributed by atoms with Crippen LogP contribution in [0.15, 0.2) is 29.8 Å². The van der Waals surface area contributed by atoms with Gasteiger partial charge in [0.1, 0.15) is 6.04 Å². The van der Waals surface area contributed by atoms with Crippen LogP contribution in [0.4, 0.5) is 0 Å². The Hall–Kier alpha value is -1.66. The summed E-state index contributed by atoms with van der Waals surface area (Å²) in [5.41, 5.74) is 6.64. The lowest BCUT2D eigenvalue weighted by atomic mass is 10.2. The number of carbonyl (C=O) groups is 1. The smallest absolute Gasteiger partial charge is 0.242 e. The third-order valence-electron chi connectivity index (χ3n) is 2.34. The van der Waals surface area contributed by atoms with Gasteiger partial charge in [-0.2, -0.15) is 5.10 Å². The summed E-state index contributed by atoms with van der Waals surface area (Å²) in [4.78, 5) is 12.6. The molecule has 0 aliphatic heterocycles. The van der Waals surface area contributed by atoms with Crippen molar-refractivity contribution in [2.75, 3.05) is 0 Å². The van der Waals surface area contributed by atoms with E-state index in [2.05, 4.69) is 10.4 Å². The number of aromatic nitrogens is 2. The third kappa shape index (κ3) is 2.92. The fourth-order valence-electron chi connectivity index (χ4n) is 1.44. The van der Waals surface area contributed by atoms with Gasteiger partial charge in [-0.3, -0.25) is 9.48 Å². The zero-order valence-corrected chi connectivity index (χ0v) is 10.3. The van der Waals surface area contributed by atoms with Crippen molar-refractivity contribution in [3.05, 3.63) is 40.3 Å². The number of amides is 1. The van der Waals surface area contributed by atoms with Crippen LogP contribution < -0.4 is 11.1 Å². The van der Waals surface area contributed by atoms with Crippen LogP contribution in [0.3, 0.4) is 0 Å². The second kappa shape index (κ2) is 5.11. The van der Waals surface area contributed by atoms with Gasteiger partial charge in [0.15, 0.2) is 0 Å². The Morgan fingerprint density at radius 1 is 1.65 bits per heavy atom. The predicted molar refractivity (Wildman–Crippen MR) is 66.3 cm³/mol. The SMILES string of the molecule is Cn1ccc(CNC(=O)C(N)c2cccs2)n1. The van der Waals surface area contributed by atoms with E-state index in [1.807, 2.05) is 36.8 Å². The lowest BCUT2D eigenvalue weighted by Gasteiger charge is -2.09. The van der Waals surface area contributed by atoms with E-state index in [4.69, 9.17) is 5.73 Å². The highest BCUT2D eigenvalue weighted by Crippen LogP contribution is 2.16. The van der Waals surface area contributed by atoms with E-state index >= 15 is 0 Å². The minimum atomic E-state index is -0.598. The second-order valence-electron chi connectivity index (χ2n) is 3.69. The molecule has 1 unspecified atom stereocenters. The van der Waals surface area contributed by atoms with Gasteiger partial charge in [0.2, 0.25) is 5.91 Å². The van der Waals surface area contributed by atoms with Gasteiger partial charge >= 0.3 is 0 Å². The molecule has 0 aliphatic carbocycles. The molecule has 0 bridgehead atoms. The number of nitrogens with two attached hydrogens (primary N) is 1. The van der Waals surface area contributed by atoms with Crippen molar-refractivity contribution in [3.8, 4) is 0 Å². The van der Waals surface area contributed by atoms with Crippen molar-refractivity contribution in [2.45, 2.75) is 12.6 Å². The van der Waals surface area contributed by atoms with Gasteiger partial charge in [-0.05, 0) is 17.5 Å². The van der Waals surface area contributed by atoms with E-state index in [0.29, 0.717) is 6.54 Å². The first-order valence-electron chi connectivity index (χ1n) is 5.22. The first-order chi connectivity index (χ1) is 8.16. The molecule has 0 radical (unpaired) electrons. The summed E-state index contributed by atoms with van der Waals surface area (Å²) < 4.78 is 1.70. The topological polar surface area (TPSA) is 72.9 Å². The van der Waals surface area contributed by atoms with Crippen LogP contribution in [0.2, 0.25) is 0 Å². The van der Waals surface area contributed by atoms with Crippen LogP contribution in [0.25, 0.3) is 0 Å². The molecule has 2 heterocycles. The molecule has 3 N–H and O–H groups in total. The van der Waals surface area contributed by atoms with E-state index in [1.54, 1.807) is 4.68 Å². The number of nitrogens with one attached hydrogen (secondary N) is 1. The maximum absolute atomic E-state index is 11.8. The molecule has 0 saturated heterocycles. The molecular formula is C11H14N4OS. The van der Waals surface area contributed by atoms with E-state index in [-0.39, 0.29) is 5.91 Å². The van der Waals surface area contributed by atoms with Crippen molar-refractivity contribution in [2.24, 2.45) is 12.8 Å². The first-order valence-corrected chi connectivity index (χ1v) is 6.10. The maximum Gasteiger partial charge on any atom is 0.242 e. The molecule has 90 valence electrons. The van der Waals surface area contributed by atoms with Crippen LogP contribution in [-0.4, -0.2) is 15.7 Å². The van der Waals surface area contributed by atoms with Crippen molar-refractivity contribution in [3.63, 3.8) is 0 Å². The number of aryl methyl sites for hydroxylation is 1. The average molecular weight is 250 g/mol. The molecule has 6 heteroatoms. The Morgan fingerprint density at radius 2 is 2.47 bits per heavy atom.